The summed E-state index contributed by atoms with van der Waals surface area (Å²) in [4.78, 5) is 15.8. The first kappa shape index (κ1) is 36.5. The molecule has 0 saturated carbocycles. The summed E-state index contributed by atoms with van der Waals surface area (Å²) in [5.41, 5.74) is 12.3. The fourth-order valence-electron chi connectivity index (χ4n) is 9.79. The number of halogens is 1. The van der Waals surface area contributed by atoms with Crippen LogP contribution in [-0.4, -0.2) is 28.7 Å². The van der Waals surface area contributed by atoms with Crippen molar-refractivity contribution in [2.45, 2.75) is 0 Å². The molecule has 0 aliphatic rings. The lowest BCUT2D eigenvalue weighted by Crippen LogP contribution is -2.10. The third-order valence-corrected chi connectivity index (χ3v) is 13.0. The lowest BCUT2D eigenvalue weighted by molar-refractivity contribution is 1.04. The number of nitrogens with zero attached hydrogens (tertiary/aromatic N) is 6. The van der Waals surface area contributed by atoms with E-state index >= 15 is 0 Å². The number of hydrogen-bond donors (Lipinski definition) is 0. The third-order valence-electron chi connectivity index (χ3n) is 12.5. The van der Waals surface area contributed by atoms with E-state index in [2.05, 4.69) is 206 Å². The van der Waals surface area contributed by atoms with Crippen LogP contribution in [0.1, 0.15) is 0 Å². The lowest BCUT2D eigenvalue weighted by Gasteiger charge is -2.23. The standard InChI is InChI=1S/C57H35BrN6/c58-39-31-32-51-45(35-39)44-25-11-16-30-50(44)64(51)54-52(62-46-26-12-7-21-40(46)41-22-8-13-27-47(41)62)33-38(34-53(54)63-48-28-14-9-23-42(48)43-24-10-15-29-49(43)63)57-60-55(36-17-3-1-4-18-36)59-56(61-57)37-19-5-2-6-20-37/h1-35H. The van der Waals surface area contributed by atoms with Crippen molar-refractivity contribution in [3.05, 3.63) is 217 Å². The summed E-state index contributed by atoms with van der Waals surface area (Å²) >= 11 is 3.83. The fraction of sp³-hybridized carbons (Fsp3) is 0. The van der Waals surface area contributed by atoms with Gasteiger partial charge in [-0.3, -0.25) is 0 Å². The molecule has 64 heavy (non-hydrogen) atoms. The summed E-state index contributed by atoms with van der Waals surface area (Å²) in [7, 11) is 0. The molecule has 0 saturated heterocycles. The molecule has 0 spiro atoms. The van der Waals surface area contributed by atoms with E-state index in [1.165, 1.54) is 26.9 Å². The average molecular weight is 884 g/mol. The van der Waals surface area contributed by atoms with Crippen LogP contribution in [0.4, 0.5) is 0 Å². The van der Waals surface area contributed by atoms with E-state index in [1.807, 2.05) is 36.4 Å². The van der Waals surface area contributed by atoms with Gasteiger partial charge in [-0.15, -0.1) is 0 Å². The zero-order valence-electron chi connectivity index (χ0n) is 34.3. The number of fused-ring (bicyclic) bond motifs is 9. The predicted molar refractivity (Wildman–Crippen MR) is 267 cm³/mol. The van der Waals surface area contributed by atoms with Crippen LogP contribution in [0.5, 0.6) is 0 Å². The second-order valence-electron chi connectivity index (χ2n) is 16.2. The number of rotatable bonds is 6. The second-order valence-corrected chi connectivity index (χ2v) is 17.1. The van der Waals surface area contributed by atoms with Gasteiger partial charge >= 0.3 is 0 Å². The normalized spacial score (nSPS) is 11.8. The molecule has 4 heterocycles. The van der Waals surface area contributed by atoms with E-state index in [1.54, 1.807) is 0 Å². The van der Waals surface area contributed by atoms with Gasteiger partial charge in [-0.1, -0.05) is 168 Å². The molecular formula is C57H35BrN6. The molecule has 7 heteroatoms. The highest BCUT2D eigenvalue weighted by atomic mass is 79.9. The zero-order chi connectivity index (χ0) is 42.3. The highest BCUT2D eigenvalue weighted by Gasteiger charge is 2.27. The van der Waals surface area contributed by atoms with Crippen molar-refractivity contribution in [2.75, 3.05) is 0 Å². The maximum atomic E-state index is 5.34. The Bertz CT molecular complexity index is 3680. The van der Waals surface area contributed by atoms with Crippen LogP contribution < -0.4 is 0 Å². The molecule has 13 aromatic rings. The Morgan fingerprint density at radius 1 is 0.281 bits per heavy atom. The van der Waals surface area contributed by atoms with Crippen LogP contribution in [0.3, 0.4) is 0 Å². The molecule has 0 aliphatic heterocycles. The summed E-state index contributed by atoms with van der Waals surface area (Å²) < 4.78 is 8.38. The molecule has 0 amide bonds. The smallest absolute Gasteiger partial charge is 0.164 e. The Labute approximate surface area is 376 Å². The Morgan fingerprint density at radius 2 is 0.609 bits per heavy atom. The highest BCUT2D eigenvalue weighted by molar-refractivity contribution is 9.10. The van der Waals surface area contributed by atoms with Gasteiger partial charge < -0.3 is 13.7 Å². The number of hydrogen-bond acceptors (Lipinski definition) is 3. The molecule has 0 radical (unpaired) electrons. The van der Waals surface area contributed by atoms with E-state index in [0.717, 1.165) is 76.7 Å². The minimum Gasteiger partial charge on any atom is -0.307 e. The van der Waals surface area contributed by atoms with Crippen LogP contribution in [0.25, 0.3) is 117 Å². The van der Waals surface area contributed by atoms with Gasteiger partial charge in [0.25, 0.3) is 0 Å². The topological polar surface area (TPSA) is 53.5 Å². The summed E-state index contributed by atoms with van der Waals surface area (Å²) in [6, 6.07) is 75.3. The van der Waals surface area contributed by atoms with E-state index in [9.17, 15) is 0 Å². The minimum atomic E-state index is 0.578. The first-order valence-electron chi connectivity index (χ1n) is 21.4. The maximum Gasteiger partial charge on any atom is 0.164 e. The number of aromatic nitrogens is 6. The molecule has 6 nitrogen and oxygen atoms in total. The molecule has 0 aliphatic carbocycles. The molecule has 0 atom stereocenters. The predicted octanol–water partition coefficient (Wildman–Crippen LogP) is 14.9. The number of benzene rings is 9. The molecule has 0 fully saturated rings. The van der Waals surface area contributed by atoms with Crippen molar-refractivity contribution >= 4 is 81.3 Å². The van der Waals surface area contributed by atoms with Crippen molar-refractivity contribution < 1.29 is 0 Å². The van der Waals surface area contributed by atoms with Crippen molar-refractivity contribution in [1.82, 2.24) is 28.7 Å². The van der Waals surface area contributed by atoms with Crippen molar-refractivity contribution in [2.24, 2.45) is 0 Å². The molecule has 300 valence electrons. The van der Waals surface area contributed by atoms with Gasteiger partial charge in [0, 0.05) is 53.5 Å². The van der Waals surface area contributed by atoms with Crippen LogP contribution in [0.2, 0.25) is 0 Å². The van der Waals surface area contributed by atoms with Crippen molar-refractivity contribution in [3.8, 4) is 51.2 Å². The summed E-state index contributed by atoms with van der Waals surface area (Å²) in [6.45, 7) is 0. The van der Waals surface area contributed by atoms with Gasteiger partial charge in [-0.05, 0) is 60.7 Å². The summed E-state index contributed by atoms with van der Waals surface area (Å²) in [5.74, 6) is 1.80. The van der Waals surface area contributed by atoms with Crippen LogP contribution in [0.15, 0.2) is 217 Å². The van der Waals surface area contributed by atoms with Gasteiger partial charge in [0.15, 0.2) is 17.5 Å². The average Bonchev–Trinajstić information content (AvgIpc) is 3.99. The largest absolute Gasteiger partial charge is 0.307 e. The molecule has 0 unspecified atom stereocenters. The number of para-hydroxylation sites is 5. The quantitative estimate of drug-likeness (QED) is 0.167. The molecule has 13 rings (SSSR count). The van der Waals surface area contributed by atoms with Crippen LogP contribution >= 0.6 is 15.9 Å². The Balaban J connectivity index is 1.27. The van der Waals surface area contributed by atoms with Gasteiger partial charge in [0.1, 0.15) is 0 Å². The Kier molecular flexibility index (Phi) is 8.26. The Morgan fingerprint density at radius 3 is 1.03 bits per heavy atom. The summed E-state index contributed by atoms with van der Waals surface area (Å²) in [6.07, 6.45) is 0. The van der Waals surface area contributed by atoms with Gasteiger partial charge in [0.2, 0.25) is 0 Å². The lowest BCUT2D eigenvalue weighted by atomic mass is 10.1. The molecule has 0 bridgehead atoms. The van der Waals surface area contributed by atoms with E-state index in [-0.39, 0.29) is 0 Å². The molecule has 4 aromatic heterocycles. The van der Waals surface area contributed by atoms with E-state index < -0.39 is 0 Å². The maximum absolute atomic E-state index is 5.34. The van der Waals surface area contributed by atoms with Crippen LogP contribution in [-0.2, 0) is 0 Å². The molecular weight excluding hydrogens is 849 g/mol. The fourth-order valence-corrected chi connectivity index (χ4v) is 10.2. The Hall–Kier alpha value is -8.13. The molecule has 9 aromatic carbocycles. The second kappa shape index (κ2) is 14.5. The van der Waals surface area contributed by atoms with Gasteiger partial charge in [-0.25, -0.2) is 15.0 Å². The van der Waals surface area contributed by atoms with E-state index in [0.29, 0.717) is 17.5 Å². The van der Waals surface area contributed by atoms with Crippen molar-refractivity contribution in [1.29, 1.82) is 0 Å². The molecule has 0 N–H and O–H groups in total. The summed E-state index contributed by atoms with van der Waals surface area (Å²) in [5, 5.41) is 7.04. The third kappa shape index (κ3) is 5.61. The monoisotopic (exact) mass is 882 g/mol. The van der Waals surface area contributed by atoms with Crippen molar-refractivity contribution in [3.63, 3.8) is 0 Å². The van der Waals surface area contributed by atoms with Crippen LogP contribution in [0, 0.1) is 0 Å². The zero-order valence-corrected chi connectivity index (χ0v) is 35.9. The van der Waals surface area contributed by atoms with E-state index in [4.69, 9.17) is 15.0 Å². The van der Waals surface area contributed by atoms with Gasteiger partial charge in [0.05, 0.1) is 50.2 Å². The minimum absolute atomic E-state index is 0.578. The first-order valence-corrected chi connectivity index (χ1v) is 22.2. The first-order chi connectivity index (χ1) is 31.7. The van der Waals surface area contributed by atoms with Gasteiger partial charge in [-0.2, -0.15) is 0 Å². The highest BCUT2D eigenvalue weighted by Crippen LogP contribution is 2.45. The SMILES string of the molecule is Brc1ccc2c(c1)c1ccccc1n2-c1c(-n2c3ccccc3c3ccccc32)cc(-c2nc(-c3ccccc3)nc(-c3ccccc3)n2)cc1-n1c2ccccc2c2ccccc21.